The van der Waals surface area contributed by atoms with Crippen LogP contribution >= 0.6 is 0 Å². The van der Waals surface area contributed by atoms with Gasteiger partial charge in [-0.25, -0.2) is 0 Å². The Labute approximate surface area is 126 Å². The maximum atomic E-state index is 11.9. The maximum absolute atomic E-state index is 11.9. The lowest BCUT2D eigenvalue weighted by atomic mass is 9.85. The molecule has 0 aromatic carbocycles. The molecule has 0 spiro atoms. The molecule has 2 unspecified atom stereocenters. The quantitative estimate of drug-likeness (QED) is 0.692. The van der Waals surface area contributed by atoms with Crippen LogP contribution in [0.2, 0.25) is 0 Å². The number of carbonyl (C=O) groups excluding carboxylic acids is 2. The average Bonchev–Trinajstić information content (AvgIpc) is 3.02. The Hall–Kier alpha value is -1.10. The Kier molecular flexibility index (Phi) is 6.49. The third kappa shape index (κ3) is 4.99. The van der Waals surface area contributed by atoms with E-state index in [4.69, 9.17) is 0 Å². The van der Waals surface area contributed by atoms with Gasteiger partial charge in [-0.2, -0.15) is 0 Å². The molecule has 0 radical (unpaired) electrons. The van der Waals surface area contributed by atoms with Crippen molar-refractivity contribution in [2.45, 2.75) is 63.8 Å². The van der Waals surface area contributed by atoms with Crippen LogP contribution < -0.4 is 10.6 Å². The van der Waals surface area contributed by atoms with Crippen LogP contribution in [0, 0.1) is 11.8 Å². The van der Waals surface area contributed by atoms with Gasteiger partial charge in [0.25, 0.3) is 0 Å². The van der Waals surface area contributed by atoms with Crippen LogP contribution in [0.1, 0.15) is 57.8 Å². The molecular formula is C16H28N2O3. The fourth-order valence-corrected chi connectivity index (χ4v) is 3.53. The third-order valence-electron chi connectivity index (χ3n) is 4.87. The Bertz CT molecular complexity index is 353. The first-order valence-electron chi connectivity index (χ1n) is 8.38. The maximum Gasteiger partial charge on any atom is 0.223 e. The van der Waals surface area contributed by atoms with Gasteiger partial charge in [-0.1, -0.05) is 25.7 Å². The number of amides is 2. The van der Waals surface area contributed by atoms with Crippen LogP contribution in [0.15, 0.2) is 0 Å². The van der Waals surface area contributed by atoms with E-state index in [0.717, 1.165) is 51.4 Å². The molecule has 3 N–H and O–H groups in total. The molecule has 5 heteroatoms. The van der Waals surface area contributed by atoms with Gasteiger partial charge in [0.05, 0.1) is 0 Å². The highest BCUT2D eigenvalue weighted by Crippen LogP contribution is 2.25. The highest BCUT2D eigenvalue weighted by atomic mass is 16.3. The minimum Gasteiger partial charge on any atom is -0.396 e. The molecule has 0 saturated heterocycles. The van der Waals surface area contributed by atoms with Gasteiger partial charge in [-0.05, 0) is 25.7 Å². The Balaban J connectivity index is 1.63. The van der Waals surface area contributed by atoms with Crippen molar-refractivity contribution in [2.24, 2.45) is 11.8 Å². The molecule has 2 aliphatic rings. The van der Waals surface area contributed by atoms with E-state index in [-0.39, 0.29) is 36.3 Å². The van der Waals surface area contributed by atoms with Crippen LogP contribution in [-0.4, -0.2) is 36.1 Å². The molecule has 2 amide bonds. The monoisotopic (exact) mass is 296 g/mol. The summed E-state index contributed by atoms with van der Waals surface area (Å²) in [5.74, 6) is 0.430. The first kappa shape index (κ1) is 16.3. The van der Waals surface area contributed by atoms with Gasteiger partial charge in [-0.15, -0.1) is 0 Å². The predicted octanol–water partition coefficient (Wildman–Crippen LogP) is 1.35. The summed E-state index contributed by atoms with van der Waals surface area (Å²) < 4.78 is 0. The van der Waals surface area contributed by atoms with E-state index >= 15 is 0 Å². The number of carbonyl (C=O) groups is 2. The minimum absolute atomic E-state index is 0.0212. The number of hydrogen-bond acceptors (Lipinski definition) is 3. The lowest BCUT2D eigenvalue weighted by molar-refractivity contribution is -0.125. The fourth-order valence-electron chi connectivity index (χ4n) is 3.53. The summed E-state index contributed by atoms with van der Waals surface area (Å²) in [4.78, 5) is 23.8. The largest absolute Gasteiger partial charge is 0.396 e. The molecule has 0 aromatic rings. The Morgan fingerprint density at radius 3 is 2.38 bits per heavy atom. The van der Waals surface area contributed by atoms with E-state index in [2.05, 4.69) is 10.6 Å². The van der Waals surface area contributed by atoms with Gasteiger partial charge >= 0.3 is 0 Å². The van der Waals surface area contributed by atoms with Crippen LogP contribution in [0.4, 0.5) is 0 Å². The second-order valence-corrected chi connectivity index (χ2v) is 6.42. The summed E-state index contributed by atoms with van der Waals surface area (Å²) in [6.07, 6.45) is 8.76. The topological polar surface area (TPSA) is 78.4 Å². The molecule has 21 heavy (non-hydrogen) atoms. The second-order valence-electron chi connectivity index (χ2n) is 6.42. The van der Waals surface area contributed by atoms with Gasteiger partial charge in [0, 0.05) is 37.5 Å². The molecule has 120 valence electrons. The summed E-state index contributed by atoms with van der Waals surface area (Å²) in [6.45, 7) is 0.557. The van der Waals surface area contributed by atoms with Crippen molar-refractivity contribution < 1.29 is 14.7 Å². The zero-order chi connectivity index (χ0) is 15.1. The summed E-state index contributed by atoms with van der Waals surface area (Å²) >= 11 is 0. The number of nitrogens with one attached hydrogen (secondary N) is 2. The summed E-state index contributed by atoms with van der Waals surface area (Å²) in [6, 6.07) is 0.0989. The van der Waals surface area contributed by atoms with E-state index in [1.807, 2.05) is 0 Å². The van der Waals surface area contributed by atoms with Gasteiger partial charge in [0.2, 0.25) is 11.8 Å². The Morgan fingerprint density at radius 1 is 1.00 bits per heavy atom. The fraction of sp³-hybridized carbons (Fsp3) is 0.875. The highest BCUT2D eigenvalue weighted by Gasteiger charge is 2.26. The van der Waals surface area contributed by atoms with Crippen LogP contribution in [-0.2, 0) is 9.59 Å². The molecule has 0 aliphatic heterocycles. The van der Waals surface area contributed by atoms with E-state index in [9.17, 15) is 14.7 Å². The SMILES string of the molecule is O=C(CCNC(=O)C1CCCC1)NC1CCCCC1CO. The standard InChI is InChI=1S/C16H28N2O3/c19-11-13-7-3-4-8-14(13)18-15(20)9-10-17-16(21)12-5-1-2-6-12/h12-14,19H,1-11H2,(H,17,21)(H,18,20). The molecule has 0 bridgehead atoms. The molecule has 0 heterocycles. The van der Waals surface area contributed by atoms with Gasteiger partial charge in [-0.3, -0.25) is 9.59 Å². The zero-order valence-electron chi connectivity index (χ0n) is 12.8. The molecule has 2 fully saturated rings. The van der Waals surface area contributed by atoms with Crippen molar-refractivity contribution in [1.29, 1.82) is 0 Å². The lowest BCUT2D eigenvalue weighted by Gasteiger charge is -2.30. The van der Waals surface area contributed by atoms with Gasteiger partial charge < -0.3 is 15.7 Å². The second kappa shape index (κ2) is 8.37. The minimum atomic E-state index is -0.0212. The first-order valence-corrected chi connectivity index (χ1v) is 8.38. The van der Waals surface area contributed by atoms with Crippen molar-refractivity contribution in [3.63, 3.8) is 0 Å². The van der Waals surface area contributed by atoms with Crippen LogP contribution in [0.5, 0.6) is 0 Å². The highest BCUT2D eigenvalue weighted by molar-refractivity contribution is 5.80. The smallest absolute Gasteiger partial charge is 0.223 e. The summed E-state index contributed by atoms with van der Waals surface area (Å²) in [5.41, 5.74) is 0. The van der Waals surface area contributed by atoms with E-state index in [1.165, 1.54) is 0 Å². The zero-order valence-corrected chi connectivity index (χ0v) is 12.8. The number of hydrogen-bond donors (Lipinski definition) is 3. The van der Waals surface area contributed by atoms with E-state index in [1.54, 1.807) is 0 Å². The van der Waals surface area contributed by atoms with Crippen LogP contribution in [0.25, 0.3) is 0 Å². The summed E-state index contributed by atoms with van der Waals surface area (Å²) in [7, 11) is 0. The van der Waals surface area contributed by atoms with E-state index < -0.39 is 0 Å². The first-order chi connectivity index (χ1) is 10.2. The number of rotatable bonds is 6. The predicted molar refractivity (Wildman–Crippen MR) is 80.6 cm³/mol. The lowest BCUT2D eigenvalue weighted by Crippen LogP contribution is -2.44. The number of aliphatic hydroxyl groups excluding tert-OH is 1. The molecule has 5 nitrogen and oxygen atoms in total. The average molecular weight is 296 g/mol. The van der Waals surface area contributed by atoms with Crippen molar-refractivity contribution in [1.82, 2.24) is 10.6 Å². The molecular weight excluding hydrogens is 268 g/mol. The van der Waals surface area contributed by atoms with Crippen LogP contribution in [0.3, 0.4) is 0 Å². The van der Waals surface area contributed by atoms with Crippen molar-refractivity contribution in [3.05, 3.63) is 0 Å². The molecule has 2 saturated carbocycles. The van der Waals surface area contributed by atoms with Crippen molar-refractivity contribution in [3.8, 4) is 0 Å². The Morgan fingerprint density at radius 2 is 1.67 bits per heavy atom. The normalized spacial score (nSPS) is 26.5. The van der Waals surface area contributed by atoms with E-state index in [0.29, 0.717) is 13.0 Å². The van der Waals surface area contributed by atoms with Crippen molar-refractivity contribution >= 4 is 11.8 Å². The van der Waals surface area contributed by atoms with Crippen molar-refractivity contribution in [2.75, 3.05) is 13.2 Å². The number of aliphatic hydroxyl groups is 1. The third-order valence-corrected chi connectivity index (χ3v) is 4.87. The summed E-state index contributed by atoms with van der Waals surface area (Å²) in [5, 5.41) is 15.2. The molecule has 2 atom stereocenters. The molecule has 0 aromatic heterocycles. The molecule has 2 rings (SSSR count). The molecule has 2 aliphatic carbocycles. The van der Waals surface area contributed by atoms with Gasteiger partial charge in [0.15, 0.2) is 0 Å². The van der Waals surface area contributed by atoms with Gasteiger partial charge in [0.1, 0.15) is 0 Å².